The lowest BCUT2D eigenvalue weighted by Crippen LogP contribution is -2.23. The van der Waals surface area contributed by atoms with Crippen LogP contribution < -0.4 is 0 Å². The maximum absolute atomic E-state index is 14.3. The van der Waals surface area contributed by atoms with E-state index in [2.05, 4.69) is 4.98 Å². The van der Waals surface area contributed by atoms with Gasteiger partial charge in [0.1, 0.15) is 17.5 Å². The first-order valence-electron chi connectivity index (χ1n) is 10.1. The van der Waals surface area contributed by atoms with Crippen LogP contribution in [0.5, 0.6) is 0 Å². The van der Waals surface area contributed by atoms with Crippen molar-refractivity contribution in [3.05, 3.63) is 116 Å². The maximum atomic E-state index is 14.3. The monoisotopic (exact) mass is 502 g/mol. The zero-order valence-electron chi connectivity index (χ0n) is 17.8. The molecule has 4 aromatic rings. The van der Waals surface area contributed by atoms with Crippen LogP contribution in [0, 0.1) is 11.6 Å². The van der Waals surface area contributed by atoms with Gasteiger partial charge in [-0.2, -0.15) is 0 Å². The molecule has 3 aromatic carbocycles. The van der Waals surface area contributed by atoms with Crippen LogP contribution in [-0.2, 0) is 5.41 Å². The fourth-order valence-corrected chi connectivity index (χ4v) is 4.17. The third-order valence-corrected chi connectivity index (χ3v) is 6.62. The Balaban J connectivity index is 1.88. The van der Waals surface area contributed by atoms with Gasteiger partial charge in [-0.25, -0.2) is 13.8 Å². The first kappa shape index (κ1) is 23.5. The molecule has 7 heteroatoms. The lowest BCUT2D eigenvalue weighted by molar-refractivity contribution is 0.600. The Labute approximate surface area is 206 Å². The van der Waals surface area contributed by atoms with Crippen LogP contribution in [0.1, 0.15) is 36.5 Å². The quantitative estimate of drug-likeness (QED) is 0.266. The normalized spacial score (nSPS) is 12.0. The van der Waals surface area contributed by atoms with E-state index < -0.39 is 11.2 Å². The molecule has 0 aliphatic carbocycles. The average molecular weight is 504 g/mol. The first-order valence-corrected chi connectivity index (χ1v) is 11.2. The number of aromatic nitrogens is 2. The highest BCUT2D eigenvalue weighted by Gasteiger charge is 2.29. The zero-order valence-corrected chi connectivity index (χ0v) is 20.1. The summed E-state index contributed by atoms with van der Waals surface area (Å²) in [4.78, 5) is 4.58. The van der Waals surface area contributed by atoms with E-state index in [4.69, 9.17) is 34.8 Å². The van der Waals surface area contributed by atoms with Gasteiger partial charge in [0, 0.05) is 16.7 Å². The van der Waals surface area contributed by atoms with Gasteiger partial charge in [-0.3, -0.25) is 4.57 Å². The standard InChI is InChI=1S/C26H19Cl3F2N2/c1-26(2,16-6-12-21(28)22(29)14-16)24-15-32-25(33(24)18-9-7-17(30)8-10-18)13-11-19-20(27)4-3-5-23(19)31/h3-15H,1-2H3. The number of benzene rings is 3. The van der Waals surface area contributed by atoms with Gasteiger partial charge in [-0.1, -0.05) is 60.8 Å². The Kier molecular flexibility index (Phi) is 6.62. The molecule has 0 N–H and O–H groups in total. The van der Waals surface area contributed by atoms with Crippen LogP contribution in [0.2, 0.25) is 15.1 Å². The van der Waals surface area contributed by atoms with E-state index >= 15 is 0 Å². The van der Waals surface area contributed by atoms with Gasteiger partial charge in [0.25, 0.3) is 0 Å². The Bertz CT molecular complexity index is 1320. The van der Waals surface area contributed by atoms with E-state index in [9.17, 15) is 8.78 Å². The molecule has 0 radical (unpaired) electrons. The lowest BCUT2D eigenvalue weighted by atomic mass is 9.81. The lowest BCUT2D eigenvalue weighted by Gasteiger charge is -2.27. The molecule has 0 atom stereocenters. The SMILES string of the molecule is CC(C)(c1ccc(Cl)c(Cl)c1)c1cnc(C=Cc2c(F)cccc2Cl)n1-c1ccc(F)cc1. The van der Waals surface area contributed by atoms with Crippen molar-refractivity contribution in [2.45, 2.75) is 19.3 Å². The highest BCUT2D eigenvalue weighted by molar-refractivity contribution is 6.42. The minimum Gasteiger partial charge on any atom is -0.296 e. The van der Waals surface area contributed by atoms with Crippen molar-refractivity contribution in [1.82, 2.24) is 9.55 Å². The van der Waals surface area contributed by atoms with Gasteiger partial charge in [0.15, 0.2) is 0 Å². The van der Waals surface area contributed by atoms with E-state index in [0.29, 0.717) is 26.6 Å². The largest absolute Gasteiger partial charge is 0.296 e. The zero-order chi connectivity index (χ0) is 23.8. The van der Waals surface area contributed by atoms with E-state index in [-0.39, 0.29) is 11.4 Å². The van der Waals surface area contributed by atoms with Gasteiger partial charge >= 0.3 is 0 Å². The van der Waals surface area contributed by atoms with Crippen molar-refractivity contribution in [2.24, 2.45) is 0 Å². The molecule has 4 rings (SSSR count). The van der Waals surface area contributed by atoms with Crippen LogP contribution in [0.15, 0.2) is 66.9 Å². The summed E-state index contributed by atoms with van der Waals surface area (Å²) in [7, 11) is 0. The summed E-state index contributed by atoms with van der Waals surface area (Å²) in [6.45, 7) is 4.07. The molecule has 0 fully saturated rings. The highest BCUT2D eigenvalue weighted by Crippen LogP contribution is 2.37. The molecule has 0 aliphatic heterocycles. The third-order valence-electron chi connectivity index (χ3n) is 5.55. The maximum Gasteiger partial charge on any atom is 0.137 e. The summed E-state index contributed by atoms with van der Waals surface area (Å²) in [5, 5.41) is 1.21. The summed E-state index contributed by atoms with van der Waals surface area (Å²) in [6, 6.07) is 16.1. The van der Waals surface area contributed by atoms with Crippen molar-refractivity contribution < 1.29 is 8.78 Å². The van der Waals surface area contributed by atoms with Crippen LogP contribution >= 0.6 is 34.8 Å². The average Bonchev–Trinajstić information content (AvgIpc) is 3.20. The molecule has 0 spiro atoms. The molecule has 33 heavy (non-hydrogen) atoms. The molecule has 0 aliphatic rings. The number of hydrogen-bond donors (Lipinski definition) is 0. The van der Waals surface area contributed by atoms with Gasteiger partial charge < -0.3 is 0 Å². The molecule has 2 nitrogen and oxygen atoms in total. The van der Waals surface area contributed by atoms with Gasteiger partial charge in [0.05, 0.1) is 27.0 Å². The summed E-state index contributed by atoms with van der Waals surface area (Å²) in [5.41, 5.74) is 2.17. The minimum absolute atomic E-state index is 0.262. The predicted octanol–water partition coefficient (Wildman–Crippen LogP) is 8.61. The van der Waals surface area contributed by atoms with Crippen molar-refractivity contribution in [1.29, 1.82) is 0 Å². The Morgan fingerprint density at radius 1 is 0.848 bits per heavy atom. The van der Waals surface area contributed by atoms with Gasteiger partial charge in [-0.15, -0.1) is 0 Å². The summed E-state index contributed by atoms with van der Waals surface area (Å²) in [6.07, 6.45) is 5.01. The second-order valence-corrected chi connectivity index (χ2v) is 9.26. The van der Waals surface area contributed by atoms with Gasteiger partial charge in [-0.05, 0) is 66.2 Å². The Hall–Kier alpha value is -2.66. The van der Waals surface area contributed by atoms with Crippen LogP contribution in [0.25, 0.3) is 17.8 Å². The number of hydrogen-bond acceptors (Lipinski definition) is 1. The highest BCUT2D eigenvalue weighted by atomic mass is 35.5. The van der Waals surface area contributed by atoms with Gasteiger partial charge in [0.2, 0.25) is 0 Å². The number of rotatable bonds is 5. The summed E-state index contributed by atoms with van der Waals surface area (Å²) < 4.78 is 29.8. The van der Waals surface area contributed by atoms with Crippen LogP contribution in [-0.4, -0.2) is 9.55 Å². The second kappa shape index (κ2) is 9.30. The fraction of sp³-hybridized carbons (Fsp3) is 0.115. The van der Waals surface area contributed by atoms with Crippen LogP contribution in [0.3, 0.4) is 0 Å². The van der Waals surface area contributed by atoms with Crippen molar-refractivity contribution in [3.63, 3.8) is 0 Å². The van der Waals surface area contributed by atoms with E-state index in [1.165, 1.54) is 18.2 Å². The number of halogens is 5. The smallest absolute Gasteiger partial charge is 0.137 e. The molecule has 168 valence electrons. The summed E-state index contributed by atoms with van der Waals surface area (Å²) in [5.74, 6) is -0.251. The second-order valence-electron chi connectivity index (χ2n) is 8.04. The third kappa shape index (κ3) is 4.70. The number of nitrogens with zero attached hydrogens (tertiary/aromatic N) is 2. The first-order chi connectivity index (χ1) is 15.7. The van der Waals surface area contributed by atoms with Crippen molar-refractivity contribution in [3.8, 4) is 5.69 Å². The summed E-state index contributed by atoms with van der Waals surface area (Å²) >= 11 is 18.6. The Morgan fingerprint density at radius 2 is 1.58 bits per heavy atom. The fourth-order valence-electron chi connectivity index (χ4n) is 3.65. The molecule has 0 saturated heterocycles. The number of imidazole rings is 1. The minimum atomic E-state index is -0.544. The topological polar surface area (TPSA) is 17.8 Å². The molecular weight excluding hydrogens is 485 g/mol. The van der Waals surface area contributed by atoms with E-state index in [0.717, 1.165) is 11.3 Å². The molecular formula is C26H19Cl3F2N2. The molecule has 1 aromatic heterocycles. The van der Waals surface area contributed by atoms with Crippen LogP contribution in [0.4, 0.5) is 8.78 Å². The van der Waals surface area contributed by atoms with Crippen molar-refractivity contribution in [2.75, 3.05) is 0 Å². The van der Waals surface area contributed by atoms with Crippen molar-refractivity contribution >= 4 is 47.0 Å². The molecule has 0 saturated carbocycles. The molecule has 1 heterocycles. The van der Waals surface area contributed by atoms with E-state index in [1.54, 1.807) is 48.7 Å². The molecule has 0 bridgehead atoms. The Morgan fingerprint density at radius 3 is 2.24 bits per heavy atom. The molecule has 0 unspecified atom stereocenters. The molecule has 0 amide bonds. The predicted molar refractivity (Wildman–Crippen MR) is 132 cm³/mol. The van der Waals surface area contributed by atoms with E-state index in [1.807, 2.05) is 30.5 Å².